The molecule has 4 nitrogen and oxygen atoms in total. The van der Waals surface area contributed by atoms with Gasteiger partial charge in [0.2, 0.25) is 0 Å². The van der Waals surface area contributed by atoms with Gasteiger partial charge in [0.15, 0.2) is 0 Å². The summed E-state index contributed by atoms with van der Waals surface area (Å²) in [7, 11) is 0. The summed E-state index contributed by atoms with van der Waals surface area (Å²) in [6, 6.07) is 0. The third-order valence-corrected chi connectivity index (χ3v) is 19.3. The van der Waals surface area contributed by atoms with Crippen molar-refractivity contribution in [2.45, 2.75) is 223 Å². The average molecular weight is 743 g/mol. The standard InChI is InChI=1S/C16H30O2.2C16H28O.CH4/c1-14(2)8-5-9-15(3)12(14)6-10-16(4,18)13(15)7-11-17;2*1-14(2)8-5-9-15(3)12(14)6-10-16(4)13(15)7-11-17-16;/h12-13,17-18H,5-11H2,1-4H3;2*12-13H,5-11H2,1-4H3;1H4/t2*12-,13+,15-,16+;12-,13+,15-,16-;/m000./s1. The lowest BCUT2D eigenvalue weighted by Crippen LogP contribution is -2.57. The molecular formula is C49H90O4. The van der Waals surface area contributed by atoms with E-state index in [4.69, 9.17) is 9.47 Å². The van der Waals surface area contributed by atoms with Gasteiger partial charge < -0.3 is 19.7 Å². The van der Waals surface area contributed by atoms with Crippen molar-refractivity contribution in [2.24, 2.45) is 68.0 Å². The van der Waals surface area contributed by atoms with Gasteiger partial charge in [0, 0.05) is 19.8 Å². The van der Waals surface area contributed by atoms with Gasteiger partial charge in [0.1, 0.15) is 0 Å². The first-order valence-corrected chi connectivity index (χ1v) is 22.6. The van der Waals surface area contributed by atoms with Crippen LogP contribution >= 0.6 is 0 Å². The second-order valence-corrected chi connectivity index (χ2v) is 23.7. The maximum absolute atomic E-state index is 10.7. The molecule has 53 heavy (non-hydrogen) atoms. The molecule has 0 unspecified atom stereocenters. The molecule has 2 aliphatic heterocycles. The van der Waals surface area contributed by atoms with Gasteiger partial charge in [-0.15, -0.1) is 0 Å². The summed E-state index contributed by atoms with van der Waals surface area (Å²) in [5, 5.41) is 20.1. The highest BCUT2D eigenvalue weighted by Crippen LogP contribution is 2.67. The molecule has 4 heteroatoms. The Bertz CT molecular complexity index is 1180. The van der Waals surface area contributed by atoms with Crippen molar-refractivity contribution in [1.82, 2.24) is 0 Å². The zero-order valence-electron chi connectivity index (χ0n) is 36.5. The Balaban J connectivity index is 0.000000152. The van der Waals surface area contributed by atoms with Crippen molar-refractivity contribution >= 4 is 0 Å². The first-order valence-electron chi connectivity index (χ1n) is 22.6. The maximum Gasteiger partial charge on any atom is 0.0688 e. The van der Waals surface area contributed by atoms with Crippen molar-refractivity contribution in [3.05, 3.63) is 0 Å². The van der Waals surface area contributed by atoms with Gasteiger partial charge in [-0.05, 0) is 185 Å². The van der Waals surface area contributed by atoms with Crippen molar-refractivity contribution in [1.29, 1.82) is 0 Å². The number of hydrogen-bond acceptors (Lipinski definition) is 4. The Morgan fingerprint density at radius 2 is 0.811 bits per heavy atom. The number of hydrogen-bond donors (Lipinski definition) is 2. The minimum Gasteiger partial charge on any atom is -0.396 e. The van der Waals surface area contributed by atoms with Gasteiger partial charge in [-0.3, -0.25) is 0 Å². The first kappa shape index (κ1) is 44.0. The largest absolute Gasteiger partial charge is 0.396 e. The molecule has 0 aromatic heterocycles. The van der Waals surface area contributed by atoms with E-state index in [9.17, 15) is 10.2 Å². The Morgan fingerprint density at radius 1 is 0.453 bits per heavy atom. The molecule has 0 spiro atoms. The van der Waals surface area contributed by atoms with Crippen LogP contribution in [0.15, 0.2) is 0 Å². The number of aliphatic hydroxyl groups excluding tert-OH is 1. The molecule has 8 rings (SSSR count). The molecule has 310 valence electrons. The van der Waals surface area contributed by atoms with Gasteiger partial charge >= 0.3 is 0 Å². The maximum atomic E-state index is 10.7. The number of fused-ring (bicyclic) bond motifs is 7. The van der Waals surface area contributed by atoms with Gasteiger partial charge in [0.25, 0.3) is 0 Å². The Kier molecular flexibility index (Phi) is 12.4. The molecule has 0 amide bonds. The highest BCUT2D eigenvalue weighted by molar-refractivity contribution is 5.11. The third kappa shape index (κ3) is 7.52. The van der Waals surface area contributed by atoms with Crippen molar-refractivity contribution in [3.8, 4) is 0 Å². The predicted molar refractivity (Wildman–Crippen MR) is 223 cm³/mol. The fourth-order valence-corrected chi connectivity index (χ4v) is 17.0. The highest BCUT2D eigenvalue weighted by atomic mass is 16.5. The third-order valence-electron chi connectivity index (χ3n) is 19.3. The van der Waals surface area contributed by atoms with Crippen LogP contribution in [0.1, 0.15) is 206 Å². The summed E-state index contributed by atoms with van der Waals surface area (Å²) >= 11 is 0. The van der Waals surface area contributed by atoms with Crippen LogP contribution in [0.3, 0.4) is 0 Å². The fraction of sp³-hybridized carbons (Fsp3) is 1.00. The molecule has 8 fully saturated rings. The Labute approximate surface area is 329 Å². The molecule has 0 bridgehead atoms. The fourth-order valence-electron chi connectivity index (χ4n) is 17.0. The molecule has 0 aromatic carbocycles. The van der Waals surface area contributed by atoms with Crippen LogP contribution in [0, 0.1) is 68.0 Å². The molecule has 2 saturated heterocycles. The minimum atomic E-state index is -0.596. The number of ether oxygens (including phenoxy) is 2. The average Bonchev–Trinajstić information content (AvgIpc) is 3.63. The van der Waals surface area contributed by atoms with E-state index in [2.05, 4.69) is 76.2 Å². The first-order chi connectivity index (χ1) is 24.0. The lowest BCUT2D eigenvalue weighted by atomic mass is 9.45. The molecule has 12 atom stereocenters. The van der Waals surface area contributed by atoms with Crippen LogP contribution in [-0.2, 0) is 9.47 Å². The number of rotatable bonds is 2. The van der Waals surface area contributed by atoms with E-state index in [1.54, 1.807) is 0 Å². The molecular weight excluding hydrogens is 653 g/mol. The van der Waals surface area contributed by atoms with Gasteiger partial charge in [-0.25, -0.2) is 0 Å². The Hall–Kier alpha value is -0.160. The zero-order valence-corrected chi connectivity index (χ0v) is 36.5. The van der Waals surface area contributed by atoms with Crippen molar-refractivity contribution < 1.29 is 19.7 Å². The highest BCUT2D eigenvalue weighted by Gasteiger charge is 2.62. The van der Waals surface area contributed by atoms with E-state index in [1.807, 2.05) is 6.92 Å². The molecule has 2 N–H and O–H groups in total. The summed E-state index contributed by atoms with van der Waals surface area (Å²) < 4.78 is 12.3. The number of aliphatic hydroxyl groups is 2. The summed E-state index contributed by atoms with van der Waals surface area (Å²) in [5.74, 6) is 4.40. The van der Waals surface area contributed by atoms with Gasteiger partial charge in [0.05, 0.1) is 16.8 Å². The second kappa shape index (κ2) is 14.9. The summed E-state index contributed by atoms with van der Waals surface area (Å²) in [6.45, 7) is 31.3. The van der Waals surface area contributed by atoms with E-state index >= 15 is 0 Å². The SMILES string of the molecule is C.CC1(C)CCC[C@]2(C)[C@@H](CCO)[C@](C)(O)CC[C@@H]12.CC1(C)CCC[C@]2(C)[C@H]3CCO[C@@]3(C)CC[C@@H]12.CC1(C)CCC[C@]2(C)[C@H]3CCO[C@]3(C)CC[C@@H]12. The van der Waals surface area contributed by atoms with Crippen LogP contribution < -0.4 is 0 Å². The zero-order chi connectivity index (χ0) is 38.2. The van der Waals surface area contributed by atoms with E-state index in [1.165, 1.54) is 96.3 Å². The molecule has 0 radical (unpaired) electrons. The van der Waals surface area contributed by atoms with E-state index in [0.717, 1.165) is 56.1 Å². The molecule has 0 aromatic rings. The molecule has 6 saturated carbocycles. The second-order valence-electron chi connectivity index (χ2n) is 23.7. The molecule has 6 aliphatic carbocycles. The van der Waals surface area contributed by atoms with E-state index in [0.29, 0.717) is 33.0 Å². The van der Waals surface area contributed by atoms with Crippen molar-refractivity contribution in [3.63, 3.8) is 0 Å². The van der Waals surface area contributed by atoms with Gasteiger partial charge in [-0.2, -0.15) is 0 Å². The van der Waals surface area contributed by atoms with Gasteiger partial charge in [-0.1, -0.05) is 89.0 Å². The van der Waals surface area contributed by atoms with Crippen LogP contribution in [0.2, 0.25) is 0 Å². The summed E-state index contributed by atoms with van der Waals surface area (Å²) in [6.07, 6.45) is 23.1. The monoisotopic (exact) mass is 743 g/mol. The quantitative estimate of drug-likeness (QED) is 0.296. The molecule has 2 heterocycles. The van der Waals surface area contributed by atoms with Crippen LogP contribution in [0.4, 0.5) is 0 Å². The summed E-state index contributed by atoms with van der Waals surface area (Å²) in [4.78, 5) is 0. The lowest BCUT2D eigenvalue weighted by Gasteiger charge is -2.61. The normalized spacial score (nSPS) is 50.2. The predicted octanol–water partition coefficient (Wildman–Crippen LogP) is 12.8. The van der Waals surface area contributed by atoms with Crippen LogP contribution in [0.5, 0.6) is 0 Å². The lowest BCUT2D eigenvalue weighted by molar-refractivity contribution is -0.171. The van der Waals surface area contributed by atoms with E-state index < -0.39 is 5.60 Å². The molecule has 8 aliphatic rings. The smallest absolute Gasteiger partial charge is 0.0688 e. The van der Waals surface area contributed by atoms with Crippen LogP contribution in [-0.4, -0.2) is 46.8 Å². The van der Waals surface area contributed by atoms with E-state index in [-0.39, 0.29) is 36.6 Å². The Morgan fingerprint density at radius 3 is 1.21 bits per heavy atom. The van der Waals surface area contributed by atoms with Crippen molar-refractivity contribution in [2.75, 3.05) is 19.8 Å². The summed E-state index contributed by atoms with van der Waals surface area (Å²) in [5.41, 5.74) is 2.60. The topological polar surface area (TPSA) is 58.9 Å². The van der Waals surface area contributed by atoms with Crippen LogP contribution in [0.25, 0.3) is 0 Å². The minimum absolute atomic E-state index is 0.